The van der Waals surface area contributed by atoms with E-state index in [9.17, 15) is 4.79 Å². The molecule has 32 heavy (non-hydrogen) atoms. The second kappa shape index (κ2) is 11.8. The number of aromatic nitrogens is 1. The summed E-state index contributed by atoms with van der Waals surface area (Å²) in [4.78, 5) is 22.3. The van der Waals surface area contributed by atoms with Crippen LogP contribution >= 0.6 is 11.3 Å². The monoisotopic (exact) mass is 455 g/mol. The topological polar surface area (TPSA) is 54.9 Å². The Kier molecular flexibility index (Phi) is 8.88. The van der Waals surface area contributed by atoms with E-state index in [-0.39, 0.29) is 5.91 Å². The van der Waals surface area contributed by atoms with Gasteiger partial charge in [-0.15, -0.1) is 0 Å². The summed E-state index contributed by atoms with van der Waals surface area (Å²) >= 11 is 1.54. The molecule has 2 aromatic carbocycles. The highest BCUT2D eigenvalue weighted by Crippen LogP contribution is 2.32. The molecule has 0 N–H and O–H groups in total. The van der Waals surface area contributed by atoms with E-state index in [2.05, 4.69) is 18.7 Å². The molecule has 0 radical (unpaired) electrons. The van der Waals surface area contributed by atoms with Crippen LogP contribution in [0.5, 0.6) is 11.5 Å². The fraction of sp³-hybridized carbons (Fsp3) is 0.440. The highest BCUT2D eigenvalue weighted by atomic mass is 32.1. The van der Waals surface area contributed by atoms with E-state index in [1.807, 2.05) is 61.2 Å². The molecule has 1 amide bonds. The van der Waals surface area contributed by atoms with Crippen molar-refractivity contribution in [1.82, 2.24) is 9.88 Å². The van der Waals surface area contributed by atoms with Gasteiger partial charge in [-0.2, -0.15) is 0 Å². The maximum atomic E-state index is 13.4. The van der Waals surface area contributed by atoms with Crippen LogP contribution in [-0.2, 0) is 11.2 Å². The van der Waals surface area contributed by atoms with Crippen LogP contribution in [0.3, 0.4) is 0 Å². The number of rotatable bonds is 12. The minimum atomic E-state index is 0.0467. The smallest absolute Gasteiger partial charge is 0.233 e. The van der Waals surface area contributed by atoms with Crippen LogP contribution in [0.1, 0.15) is 33.3 Å². The zero-order chi connectivity index (χ0) is 22.9. The highest BCUT2D eigenvalue weighted by molar-refractivity contribution is 7.22. The fourth-order valence-electron chi connectivity index (χ4n) is 3.51. The molecule has 172 valence electrons. The molecule has 0 saturated carbocycles. The third kappa shape index (κ3) is 6.20. The van der Waals surface area contributed by atoms with Crippen LogP contribution in [-0.4, -0.2) is 55.2 Å². The van der Waals surface area contributed by atoms with Gasteiger partial charge in [0, 0.05) is 13.1 Å². The van der Waals surface area contributed by atoms with E-state index in [0.29, 0.717) is 26.2 Å². The predicted octanol–water partition coefficient (Wildman–Crippen LogP) is 5.01. The predicted molar refractivity (Wildman–Crippen MR) is 132 cm³/mol. The van der Waals surface area contributed by atoms with Gasteiger partial charge in [0.2, 0.25) is 5.91 Å². The lowest BCUT2D eigenvalue weighted by Gasteiger charge is -2.24. The Bertz CT molecular complexity index is 999. The number of likely N-dealkylation sites (N-methyl/N-ethyl adjacent to an activating group) is 1. The van der Waals surface area contributed by atoms with Gasteiger partial charge >= 0.3 is 0 Å². The van der Waals surface area contributed by atoms with Crippen molar-refractivity contribution in [2.24, 2.45) is 0 Å². The third-order valence-electron chi connectivity index (χ3n) is 5.32. The second-order valence-electron chi connectivity index (χ2n) is 7.38. The molecule has 0 atom stereocenters. The number of thiazole rings is 1. The van der Waals surface area contributed by atoms with Gasteiger partial charge in [0.15, 0.2) is 5.13 Å². The minimum Gasteiger partial charge on any atom is -0.494 e. The summed E-state index contributed by atoms with van der Waals surface area (Å²) in [6.07, 6.45) is 0.324. The number of ether oxygens (including phenoxy) is 2. The number of carbonyl (C=O) groups excluding carboxylic acids is 1. The van der Waals surface area contributed by atoms with Crippen LogP contribution in [0.4, 0.5) is 5.13 Å². The van der Waals surface area contributed by atoms with Crippen molar-refractivity contribution >= 4 is 32.6 Å². The molecule has 0 aliphatic heterocycles. The lowest BCUT2D eigenvalue weighted by molar-refractivity contribution is -0.118. The zero-order valence-corrected chi connectivity index (χ0v) is 20.3. The number of nitrogens with zero attached hydrogens (tertiary/aromatic N) is 3. The Labute approximate surface area is 194 Å². The zero-order valence-electron chi connectivity index (χ0n) is 19.5. The second-order valence-corrected chi connectivity index (χ2v) is 8.39. The largest absolute Gasteiger partial charge is 0.494 e. The summed E-state index contributed by atoms with van der Waals surface area (Å²) < 4.78 is 12.2. The molecule has 3 rings (SSSR count). The van der Waals surface area contributed by atoms with E-state index in [1.165, 1.54) is 11.3 Å². The number of amides is 1. The summed E-state index contributed by atoms with van der Waals surface area (Å²) in [6, 6.07) is 13.6. The summed E-state index contributed by atoms with van der Waals surface area (Å²) in [5.41, 5.74) is 1.85. The van der Waals surface area contributed by atoms with Crippen molar-refractivity contribution in [1.29, 1.82) is 0 Å². The number of hydrogen-bond donors (Lipinski definition) is 0. The maximum Gasteiger partial charge on any atom is 0.233 e. The molecular weight excluding hydrogens is 422 g/mol. The van der Waals surface area contributed by atoms with Crippen molar-refractivity contribution in [3.8, 4) is 11.5 Å². The van der Waals surface area contributed by atoms with Gasteiger partial charge in [0.1, 0.15) is 11.5 Å². The summed E-state index contributed by atoms with van der Waals surface area (Å²) in [6.45, 7) is 12.8. The van der Waals surface area contributed by atoms with E-state index in [4.69, 9.17) is 14.5 Å². The minimum absolute atomic E-state index is 0.0467. The van der Waals surface area contributed by atoms with Gasteiger partial charge < -0.3 is 14.4 Å². The standard InChI is InChI=1S/C25H33N3O3S/c1-5-27(6-2)15-16-28(24(29)17-19-9-11-20(12-10-19)30-7-3)25-26-22-14-13-21(31-8-4)18-23(22)32-25/h9-14,18H,5-8,15-17H2,1-4H3. The molecule has 7 heteroatoms. The van der Waals surface area contributed by atoms with E-state index < -0.39 is 0 Å². The Morgan fingerprint density at radius 2 is 1.56 bits per heavy atom. The normalized spacial score (nSPS) is 11.2. The molecule has 0 spiro atoms. The van der Waals surface area contributed by atoms with Crippen molar-refractivity contribution in [2.75, 3.05) is 44.3 Å². The van der Waals surface area contributed by atoms with Gasteiger partial charge in [0.05, 0.1) is 29.9 Å². The first-order chi connectivity index (χ1) is 15.6. The molecule has 6 nitrogen and oxygen atoms in total. The van der Waals surface area contributed by atoms with Gasteiger partial charge in [0.25, 0.3) is 0 Å². The van der Waals surface area contributed by atoms with Crippen LogP contribution in [0.25, 0.3) is 10.2 Å². The van der Waals surface area contributed by atoms with Gasteiger partial charge in [-0.3, -0.25) is 9.69 Å². The highest BCUT2D eigenvalue weighted by Gasteiger charge is 2.21. The Balaban J connectivity index is 1.83. The van der Waals surface area contributed by atoms with Gasteiger partial charge in [-0.1, -0.05) is 37.3 Å². The van der Waals surface area contributed by atoms with E-state index in [0.717, 1.165) is 52.0 Å². The maximum absolute atomic E-state index is 13.4. The van der Waals surface area contributed by atoms with Crippen LogP contribution in [0, 0.1) is 0 Å². The summed E-state index contributed by atoms with van der Waals surface area (Å²) in [5.74, 6) is 1.69. The molecular formula is C25H33N3O3S. The number of benzene rings is 2. The van der Waals surface area contributed by atoms with Crippen LogP contribution < -0.4 is 14.4 Å². The summed E-state index contributed by atoms with van der Waals surface area (Å²) in [7, 11) is 0. The molecule has 1 aromatic heterocycles. The quantitative estimate of drug-likeness (QED) is 0.384. The lowest BCUT2D eigenvalue weighted by atomic mass is 10.1. The summed E-state index contributed by atoms with van der Waals surface area (Å²) in [5, 5.41) is 0.733. The van der Waals surface area contributed by atoms with E-state index >= 15 is 0 Å². The molecule has 0 bridgehead atoms. The number of hydrogen-bond acceptors (Lipinski definition) is 6. The SMILES string of the molecule is CCOc1ccc(CC(=O)N(CCN(CC)CC)c2nc3ccc(OCC)cc3s2)cc1. The van der Waals surface area contributed by atoms with Crippen molar-refractivity contribution < 1.29 is 14.3 Å². The third-order valence-corrected chi connectivity index (χ3v) is 6.36. The number of fused-ring (bicyclic) bond motifs is 1. The Morgan fingerprint density at radius 1 is 0.906 bits per heavy atom. The first-order valence-corrected chi connectivity index (χ1v) is 12.2. The Morgan fingerprint density at radius 3 is 2.22 bits per heavy atom. The molecule has 0 aliphatic rings. The van der Waals surface area contributed by atoms with Gasteiger partial charge in [-0.25, -0.2) is 4.98 Å². The lowest BCUT2D eigenvalue weighted by Crippen LogP contribution is -2.39. The van der Waals surface area contributed by atoms with Crippen LogP contribution in [0.15, 0.2) is 42.5 Å². The van der Waals surface area contributed by atoms with Crippen molar-refractivity contribution in [2.45, 2.75) is 34.1 Å². The molecule has 3 aromatic rings. The van der Waals surface area contributed by atoms with Gasteiger partial charge in [-0.05, 0) is 62.8 Å². The van der Waals surface area contributed by atoms with Crippen LogP contribution in [0.2, 0.25) is 0 Å². The number of anilines is 1. The first kappa shape index (κ1) is 24.0. The molecule has 0 unspecified atom stereocenters. The molecule has 1 heterocycles. The van der Waals surface area contributed by atoms with Crippen molar-refractivity contribution in [3.63, 3.8) is 0 Å². The first-order valence-electron chi connectivity index (χ1n) is 11.4. The Hall–Kier alpha value is -2.64. The van der Waals surface area contributed by atoms with Crippen molar-refractivity contribution in [3.05, 3.63) is 48.0 Å². The number of carbonyl (C=O) groups is 1. The average Bonchev–Trinajstić information content (AvgIpc) is 3.21. The fourth-order valence-corrected chi connectivity index (χ4v) is 4.55. The molecule has 0 aliphatic carbocycles. The average molecular weight is 456 g/mol. The van der Waals surface area contributed by atoms with E-state index in [1.54, 1.807) is 0 Å². The molecule has 0 fully saturated rings. The molecule has 0 saturated heterocycles.